The van der Waals surface area contributed by atoms with E-state index in [0.717, 1.165) is 12.1 Å². The number of fused-ring (bicyclic) bond motifs is 2. The molecule has 8 nitrogen and oxygen atoms in total. The molecule has 1 saturated heterocycles. The Bertz CT molecular complexity index is 1460. The SMILES string of the molecule is O=C1c2c(O)c(=O)nc([C@@H]3CCCN3C(=O)c3c(F)cccc3F)n2CCN1C1Cc2ccccc2C1. The molecule has 6 rings (SSSR count). The summed E-state index contributed by atoms with van der Waals surface area (Å²) in [5, 5.41) is 10.6. The Morgan fingerprint density at radius 3 is 2.30 bits per heavy atom. The van der Waals surface area contributed by atoms with Gasteiger partial charge in [-0.15, -0.1) is 0 Å². The molecule has 0 saturated carbocycles. The molecule has 2 amide bonds. The van der Waals surface area contributed by atoms with Crippen LogP contribution in [-0.4, -0.2) is 55.4 Å². The van der Waals surface area contributed by atoms with Crippen LogP contribution >= 0.6 is 0 Å². The van der Waals surface area contributed by atoms with Crippen molar-refractivity contribution >= 4 is 11.8 Å². The summed E-state index contributed by atoms with van der Waals surface area (Å²) in [6, 6.07) is 10.3. The van der Waals surface area contributed by atoms with Crippen LogP contribution in [0.25, 0.3) is 0 Å². The molecule has 1 fully saturated rings. The molecule has 0 radical (unpaired) electrons. The van der Waals surface area contributed by atoms with Gasteiger partial charge in [-0.05, 0) is 48.9 Å². The first kappa shape index (κ1) is 23.3. The van der Waals surface area contributed by atoms with Gasteiger partial charge in [-0.1, -0.05) is 30.3 Å². The van der Waals surface area contributed by atoms with Crippen LogP contribution < -0.4 is 5.56 Å². The minimum absolute atomic E-state index is 0.0987. The van der Waals surface area contributed by atoms with E-state index in [4.69, 9.17) is 0 Å². The predicted molar refractivity (Wildman–Crippen MR) is 128 cm³/mol. The van der Waals surface area contributed by atoms with E-state index < -0.39 is 46.4 Å². The highest BCUT2D eigenvalue weighted by atomic mass is 19.1. The Labute approximate surface area is 210 Å². The number of nitrogens with zero attached hydrogens (tertiary/aromatic N) is 4. The van der Waals surface area contributed by atoms with Crippen molar-refractivity contribution in [2.45, 2.75) is 44.3 Å². The fraction of sp³-hybridized carbons (Fsp3) is 0.333. The number of halogens is 2. The molecular formula is C27H24F2N4O4. The van der Waals surface area contributed by atoms with Gasteiger partial charge in [0.2, 0.25) is 5.75 Å². The molecular weight excluding hydrogens is 482 g/mol. The van der Waals surface area contributed by atoms with Crippen molar-refractivity contribution in [3.05, 3.63) is 92.7 Å². The Morgan fingerprint density at radius 2 is 1.62 bits per heavy atom. The maximum atomic E-state index is 14.4. The van der Waals surface area contributed by atoms with E-state index in [1.807, 2.05) is 24.3 Å². The number of carbonyl (C=O) groups excluding carboxylic acids is 2. The predicted octanol–water partition coefficient (Wildman–Crippen LogP) is 2.83. The van der Waals surface area contributed by atoms with Crippen LogP contribution in [0.1, 0.15) is 56.7 Å². The van der Waals surface area contributed by atoms with E-state index in [-0.39, 0.29) is 30.6 Å². The standard InChI is InChI=1S/C27H24F2N4O4/c28-18-7-3-8-19(29)21(18)26(36)32-10-4-9-20(32)24-30-25(35)23(34)22-27(37)31(11-12-33(22)24)17-13-15-5-1-2-6-16(15)14-17/h1-3,5-8,17,20,34H,4,9-14H2/t20-/m0/s1. The number of rotatable bonds is 3. The summed E-state index contributed by atoms with van der Waals surface area (Å²) in [5.74, 6) is -3.86. The monoisotopic (exact) mass is 506 g/mol. The molecule has 2 aromatic carbocycles. The Balaban J connectivity index is 1.36. The van der Waals surface area contributed by atoms with E-state index in [9.17, 15) is 28.3 Å². The minimum atomic E-state index is -0.975. The molecule has 0 bridgehead atoms. The number of amides is 2. The molecule has 3 aliphatic rings. The van der Waals surface area contributed by atoms with Gasteiger partial charge in [0.1, 0.15) is 23.0 Å². The molecule has 0 unspecified atom stereocenters. The third-order valence-corrected chi connectivity index (χ3v) is 7.68. The van der Waals surface area contributed by atoms with Crippen LogP contribution in [0.4, 0.5) is 8.78 Å². The molecule has 190 valence electrons. The second-order valence-electron chi connectivity index (χ2n) is 9.71. The van der Waals surface area contributed by atoms with E-state index in [1.165, 1.54) is 26.7 Å². The maximum Gasteiger partial charge on any atom is 0.315 e. The van der Waals surface area contributed by atoms with E-state index in [2.05, 4.69) is 4.98 Å². The van der Waals surface area contributed by atoms with Crippen molar-refractivity contribution in [1.82, 2.24) is 19.4 Å². The van der Waals surface area contributed by atoms with Crippen molar-refractivity contribution in [3.63, 3.8) is 0 Å². The smallest absolute Gasteiger partial charge is 0.315 e. The van der Waals surface area contributed by atoms with Gasteiger partial charge in [0.05, 0.1) is 6.04 Å². The van der Waals surface area contributed by atoms with Crippen LogP contribution in [0, 0.1) is 11.6 Å². The van der Waals surface area contributed by atoms with Crippen LogP contribution in [0.2, 0.25) is 0 Å². The second-order valence-corrected chi connectivity index (χ2v) is 9.71. The van der Waals surface area contributed by atoms with Gasteiger partial charge in [-0.25, -0.2) is 8.78 Å². The van der Waals surface area contributed by atoms with E-state index in [1.54, 1.807) is 4.90 Å². The number of aromatic hydroxyl groups is 1. The van der Waals surface area contributed by atoms with Crippen LogP contribution in [0.3, 0.4) is 0 Å². The minimum Gasteiger partial charge on any atom is -0.501 e. The average molecular weight is 507 g/mol. The van der Waals surface area contributed by atoms with Crippen molar-refractivity contribution in [1.29, 1.82) is 0 Å². The number of benzene rings is 2. The van der Waals surface area contributed by atoms with Crippen LogP contribution in [0.15, 0.2) is 47.3 Å². The Morgan fingerprint density at radius 1 is 0.946 bits per heavy atom. The summed E-state index contributed by atoms with van der Waals surface area (Å²) in [7, 11) is 0. The first-order valence-electron chi connectivity index (χ1n) is 12.3. The second kappa shape index (κ2) is 8.79. The molecule has 1 aliphatic carbocycles. The lowest BCUT2D eigenvalue weighted by molar-refractivity contribution is 0.0607. The summed E-state index contributed by atoms with van der Waals surface area (Å²) in [6.07, 6.45) is 2.29. The molecule has 2 aliphatic heterocycles. The number of likely N-dealkylation sites (tertiary alicyclic amines) is 1. The van der Waals surface area contributed by atoms with E-state index in [0.29, 0.717) is 32.2 Å². The van der Waals surface area contributed by atoms with Gasteiger partial charge in [0.25, 0.3) is 11.8 Å². The normalized spacial score (nSPS) is 19.3. The molecule has 0 spiro atoms. The quantitative estimate of drug-likeness (QED) is 0.590. The molecule has 1 atom stereocenters. The van der Waals surface area contributed by atoms with Crippen molar-refractivity contribution in [2.75, 3.05) is 13.1 Å². The van der Waals surface area contributed by atoms with Gasteiger partial charge >= 0.3 is 5.56 Å². The molecule has 1 aromatic heterocycles. The first-order chi connectivity index (χ1) is 17.8. The zero-order valence-electron chi connectivity index (χ0n) is 19.9. The van der Waals surface area contributed by atoms with Crippen LogP contribution in [-0.2, 0) is 19.4 Å². The lowest BCUT2D eigenvalue weighted by Gasteiger charge is -2.36. The third kappa shape index (κ3) is 3.70. The number of carbonyl (C=O) groups is 2. The fourth-order valence-corrected chi connectivity index (χ4v) is 5.93. The highest BCUT2D eigenvalue weighted by molar-refractivity contribution is 5.96. The Hall–Kier alpha value is -4.08. The number of hydrogen-bond acceptors (Lipinski definition) is 5. The molecule has 1 N–H and O–H groups in total. The Kier molecular flexibility index (Phi) is 5.54. The summed E-state index contributed by atoms with van der Waals surface area (Å²) >= 11 is 0. The number of aromatic nitrogens is 2. The zero-order chi connectivity index (χ0) is 25.8. The van der Waals surface area contributed by atoms with Crippen molar-refractivity contribution in [2.24, 2.45) is 0 Å². The number of hydrogen-bond donors (Lipinski definition) is 1. The molecule has 3 heterocycles. The fourth-order valence-electron chi connectivity index (χ4n) is 5.93. The van der Waals surface area contributed by atoms with Crippen molar-refractivity contribution < 1.29 is 23.5 Å². The summed E-state index contributed by atoms with van der Waals surface area (Å²) in [6.45, 7) is 0.810. The average Bonchev–Trinajstić information content (AvgIpc) is 3.53. The van der Waals surface area contributed by atoms with Gasteiger partial charge in [0, 0.05) is 25.7 Å². The van der Waals surface area contributed by atoms with Crippen LogP contribution in [0.5, 0.6) is 5.75 Å². The summed E-state index contributed by atoms with van der Waals surface area (Å²) < 4.78 is 30.2. The highest BCUT2D eigenvalue weighted by Gasteiger charge is 2.41. The topological polar surface area (TPSA) is 95.7 Å². The zero-order valence-corrected chi connectivity index (χ0v) is 19.9. The third-order valence-electron chi connectivity index (χ3n) is 7.68. The maximum absolute atomic E-state index is 14.4. The summed E-state index contributed by atoms with van der Waals surface area (Å²) in [4.78, 5) is 46.5. The molecule has 3 aromatic rings. The molecule has 10 heteroatoms. The molecule has 37 heavy (non-hydrogen) atoms. The highest BCUT2D eigenvalue weighted by Crippen LogP contribution is 2.36. The lowest BCUT2D eigenvalue weighted by atomic mass is 10.1. The van der Waals surface area contributed by atoms with Gasteiger partial charge in [-0.3, -0.25) is 14.4 Å². The lowest BCUT2D eigenvalue weighted by Crippen LogP contribution is -2.49. The van der Waals surface area contributed by atoms with Gasteiger partial charge in [0.15, 0.2) is 5.69 Å². The van der Waals surface area contributed by atoms with Gasteiger partial charge < -0.3 is 19.5 Å². The van der Waals surface area contributed by atoms with E-state index >= 15 is 0 Å². The first-order valence-corrected chi connectivity index (χ1v) is 12.3. The largest absolute Gasteiger partial charge is 0.501 e. The summed E-state index contributed by atoms with van der Waals surface area (Å²) in [5.41, 5.74) is 0.542. The van der Waals surface area contributed by atoms with Crippen molar-refractivity contribution in [3.8, 4) is 5.75 Å². The van der Waals surface area contributed by atoms with Gasteiger partial charge in [-0.2, -0.15) is 4.98 Å².